The lowest BCUT2D eigenvalue weighted by atomic mass is 10.1. The highest BCUT2D eigenvalue weighted by molar-refractivity contribution is 7.84. The molecule has 1 atom stereocenters. The Bertz CT molecular complexity index is 1200. The van der Waals surface area contributed by atoms with Crippen LogP contribution >= 0.6 is 0 Å². The molecule has 0 fully saturated rings. The van der Waals surface area contributed by atoms with Crippen LogP contribution in [0.2, 0.25) is 0 Å². The zero-order valence-electron chi connectivity index (χ0n) is 17.8. The van der Waals surface area contributed by atoms with E-state index < -0.39 is 10.8 Å². The summed E-state index contributed by atoms with van der Waals surface area (Å²) in [5.74, 6) is 1.28. The van der Waals surface area contributed by atoms with Crippen molar-refractivity contribution in [2.24, 2.45) is 0 Å². The Morgan fingerprint density at radius 3 is 2.28 bits per heavy atom. The van der Waals surface area contributed by atoms with Crippen LogP contribution in [0.1, 0.15) is 27.4 Å². The normalized spacial score (nSPS) is 11.8. The zero-order chi connectivity index (χ0) is 22.3. The van der Waals surface area contributed by atoms with Gasteiger partial charge in [0.05, 0.1) is 22.2 Å². The molecule has 4 rings (SSSR count). The summed E-state index contributed by atoms with van der Waals surface area (Å²) in [5.41, 5.74) is 3.21. The monoisotopic (exact) mass is 444 g/mol. The molecular weight excluding hydrogens is 420 g/mol. The first kappa shape index (κ1) is 21.7. The summed E-state index contributed by atoms with van der Waals surface area (Å²) < 4.78 is 18.4. The number of nitrogens with one attached hydrogen (secondary N) is 1. The van der Waals surface area contributed by atoms with Crippen molar-refractivity contribution in [3.05, 3.63) is 108 Å². The van der Waals surface area contributed by atoms with E-state index in [4.69, 9.17) is 4.42 Å². The van der Waals surface area contributed by atoms with Crippen LogP contribution in [0.5, 0.6) is 0 Å². The maximum absolute atomic E-state index is 12.6. The summed E-state index contributed by atoms with van der Waals surface area (Å²) >= 11 is 0. The van der Waals surface area contributed by atoms with Crippen molar-refractivity contribution in [2.75, 3.05) is 6.54 Å². The number of aromatic nitrogens is 1. The number of aryl methyl sites for hydroxylation is 1. The van der Waals surface area contributed by atoms with E-state index in [9.17, 15) is 9.00 Å². The number of carbonyl (C=O) groups excluding carboxylic acids is 1. The van der Waals surface area contributed by atoms with Gasteiger partial charge < -0.3 is 9.73 Å². The maximum atomic E-state index is 12.6. The topological polar surface area (TPSA) is 72.2 Å². The zero-order valence-corrected chi connectivity index (χ0v) is 18.6. The minimum Gasteiger partial charge on any atom is -0.441 e. The third-order valence-electron chi connectivity index (χ3n) is 5.10. The summed E-state index contributed by atoms with van der Waals surface area (Å²) in [4.78, 5) is 17.7. The van der Waals surface area contributed by atoms with Gasteiger partial charge in [0.25, 0.3) is 5.91 Å². The number of oxazole rings is 1. The SMILES string of the molecule is Cc1oc(-c2ccc(C(=O)NCCc3ccccc3)cc2)nc1C[S@](=O)c1ccccc1. The molecule has 1 heterocycles. The van der Waals surface area contributed by atoms with Gasteiger partial charge in [-0.15, -0.1) is 0 Å². The highest BCUT2D eigenvalue weighted by Crippen LogP contribution is 2.24. The predicted molar refractivity (Wildman–Crippen MR) is 126 cm³/mol. The molecule has 0 saturated heterocycles. The molecule has 32 heavy (non-hydrogen) atoms. The molecule has 3 aromatic carbocycles. The molecule has 0 saturated carbocycles. The van der Waals surface area contributed by atoms with Gasteiger partial charge in [-0.1, -0.05) is 48.5 Å². The van der Waals surface area contributed by atoms with Crippen molar-refractivity contribution < 1.29 is 13.4 Å². The smallest absolute Gasteiger partial charge is 0.251 e. The molecule has 0 aliphatic carbocycles. The first-order valence-electron chi connectivity index (χ1n) is 10.4. The van der Waals surface area contributed by atoms with E-state index in [0.29, 0.717) is 35.2 Å². The number of rotatable bonds is 8. The van der Waals surface area contributed by atoms with Crippen LogP contribution in [0.25, 0.3) is 11.5 Å². The van der Waals surface area contributed by atoms with E-state index in [1.54, 1.807) is 12.1 Å². The van der Waals surface area contributed by atoms with E-state index in [2.05, 4.69) is 10.3 Å². The van der Waals surface area contributed by atoms with E-state index in [1.807, 2.05) is 79.7 Å². The fraction of sp³-hybridized carbons (Fsp3) is 0.154. The van der Waals surface area contributed by atoms with Crippen LogP contribution in [0.15, 0.2) is 94.2 Å². The second-order valence-corrected chi connectivity index (χ2v) is 8.84. The van der Waals surface area contributed by atoms with Gasteiger partial charge in [0.15, 0.2) is 0 Å². The molecular formula is C26H24N2O3S. The lowest BCUT2D eigenvalue weighted by Gasteiger charge is -2.06. The molecule has 4 aromatic rings. The number of hydrogen-bond donors (Lipinski definition) is 1. The second-order valence-electron chi connectivity index (χ2n) is 7.39. The summed E-state index contributed by atoms with van der Waals surface area (Å²) in [6.07, 6.45) is 0.785. The standard InChI is InChI=1S/C26H24N2O3S/c1-19-24(18-32(30)23-10-6-3-7-11-23)28-26(31-19)22-14-12-21(13-15-22)25(29)27-17-16-20-8-4-2-5-9-20/h2-15H,16-18H2,1H3,(H,27,29)/t32-/m0/s1. The van der Waals surface area contributed by atoms with Gasteiger partial charge in [-0.05, 0) is 55.3 Å². The predicted octanol–water partition coefficient (Wildman–Crippen LogP) is 4.93. The Labute approximate surface area is 190 Å². The molecule has 0 unspecified atom stereocenters. The Morgan fingerprint density at radius 1 is 0.938 bits per heavy atom. The minimum absolute atomic E-state index is 0.116. The highest BCUT2D eigenvalue weighted by Gasteiger charge is 2.15. The van der Waals surface area contributed by atoms with Crippen molar-refractivity contribution in [3.8, 4) is 11.5 Å². The molecule has 0 aliphatic rings. The highest BCUT2D eigenvalue weighted by atomic mass is 32.2. The Balaban J connectivity index is 1.38. The van der Waals surface area contributed by atoms with Crippen molar-refractivity contribution in [2.45, 2.75) is 24.0 Å². The summed E-state index contributed by atoms with van der Waals surface area (Å²) in [6.45, 7) is 2.40. The average Bonchev–Trinajstić information content (AvgIpc) is 3.20. The number of benzene rings is 3. The fourth-order valence-corrected chi connectivity index (χ4v) is 4.44. The van der Waals surface area contributed by atoms with Crippen LogP contribution < -0.4 is 5.32 Å². The first-order valence-corrected chi connectivity index (χ1v) is 11.7. The number of amides is 1. The van der Waals surface area contributed by atoms with Gasteiger partial charge in [-0.2, -0.15) is 0 Å². The van der Waals surface area contributed by atoms with Crippen molar-refractivity contribution in [3.63, 3.8) is 0 Å². The summed E-state index contributed by atoms with van der Waals surface area (Å²) in [7, 11) is -1.19. The molecule has 162 valence electrons. The van der Waals surface area contributed by atoms with E-state index >= 15 is 0 Å². The molecule has 0 radical (unpaired) electrons. The molecule has 1 amide bonds. The fourth-order valence-electron chi connectivity index (χ4n) is 3.30. The van der Waals surface area contributed by atoms with Crippen molar-refractivity contribution in [1.29, 1.82) is 0 Å². The molecule has 0 spiro atoms. The van der Waals surface area contributed by atoms with E-state index in [1.165, 1.54) is 5.56 Å². The van der Waals surface area contributed by atoms with Crippen LogP contribution in [0, 0.1) is 6.92 Å². The minimum atomic E-state index is -1.19. The average molecular weight is 445 g/mol. The Morgan fingerprint density at radius 2 is 1.59 bits per heavy atom. The van der Waals surface area contributed by atoms with Crippen molar-refractivity contribution in [1.82, 2.24) is 10.3 Å². The molecule has 0 bridgehead atoms. The maximum Gasteiger partial charge on any atom is 0.251 e. The van der Waals surface area contributed by atoms with Crippen LogP contribution in [-0.4, -0.2) is 21.6 Å². The Kier molecular flexibility index (Phi) is 6.92. The van der Waals surface area contributed by atoms with Crippen LogP contribution in [-0.2, 0) is 23.0 Å². The first-order chi connectivity index (χ1) is 15.6. The van der Waals surface area contributed by atoms with E-state index in [-0.39, 0.29) is 5.91 Å². The van der Waals surface area contributed by atoms with Gasteiger partial charge in [0.2, 0.25) is 5.89 Å². The number of hydrogen-bond acceptors (Lipinski definition) is 4. The number of nitrogens with zero attached hydrogens (tertiary/aromatic N) is 1. The number of carbonyl (C=O) groups is 1. The molecule has 1 aromatic heterocycles. The van der Waals surface area contributed by atoms with Gasteiger partial charge in [-0.25, -0.2) is 4.98 Å². The van der Waals surface area contributed by atoms with Gasteiger partial charge in [0.1, 0.15) is 5.76 Å². The lowest BCUT2D eigenvalue weighted by molar-refractivity contribution is 0.0954. The van der Waals surface area contributed by atoms with Gasteiger partial charge in [-0.3, -0.25) is 9.00 Å². The molecule has 5 nitrogen and oxygen atoms in total. The summed E-state index contributed by atoms with van der Waals surface area (Å²) in [6, 6.07) is 26.5. The quantitative estimate of drug-likeness (QED) is 0.418. The van der Waals surface area contributed by atoms with Crippen LogP contribution in [0.3, 0.4) is 0 Å². The van der Waals surface area contributed by atoms with Gasteiger partial charge >= 0.3 is 0 Å². The lowest BCUT2D eigenvalue weighted by Crippen LogP contribution is -2.25. The van der Waals surface area contributed by atoms with Crippen molar-refractivity contribution >= 4 is 16.7 Å². The molecule has 1 N–H and O–H groups in total. The van der Waals surface area contributed by atoms with Gasteiger partial charge in [0, 0.05) is 22.6 Å². The second kappa shape index (κ2) is 10.2. The largest absolute Gasteiger partial charge is 0.441 e. The Hall–Kier alpha value is -3.51. The third kappa shape index (κ3) is 5.39. The van der Waals surface area contributed by atoms with Crippen LogP contribution in [0.4, 0.5) is 0 Å². The third-order valence-corrected chi connectivity index (χ3v) is 6.44. The molecule has 6 heteroatoms. The van der Waals surface area contributed by atoms with E-state index in [0.717, 1.165) is 16.9 Å². The molecule has 0 aliphatic heterocycles. The summed E-state index contributed by atoms with van der Waals surface area (Å²) in [5, 5.41) is 2.95.